The van der Waals surface area contributed by atoms with Gasteiger partial charge in [0, 0.05) is 20.0 Å². The van der Waals surface area contributed by atoms with Crippen molar-refractivity contribution in [2.45, 2.75) is 12.8 Å². The van der Waals surface area contributed by atoms with Crippen LogP contribution in [0.1, 0.15) is 12.8 Å². The number of rotatable bonds is 7. The van der Waals surface area contributed by atoms with E-state index in [1.165, 1.54) is 16.7 Å². The molecule has 0 aromatic rings. The minimum Gasteiger partial charge on any atom is -0.362 e. The molecule has 1 aliphatic carbocycles. The molecule has 0 aromatic heterocycles. The second kappa shape index (κ2) is 7.85. The van der Waals surface area contributed by atoms with E-state index in [-0.39, 0.29) is 18.2 Å². The minimum absolute atomic E-state index is 0.0469. The molecule has 0 aromatic carbocycles. The summed E-state index contributed by atoms with van der Waals surface area (Å²) in [6.07, 6.45) is 3.91. The van der Waals surface area contributed by atoms with Crippen molar-refractivity contribution >= 4 is 61.1 Å². The average molecular weight is 369 g/mol. The standard InChI is InChI=1S/C12H20N2O3S4/c1-13(11(18)9-4-5-9)6-10(15)7-21(16,17)8-14(2)12(19)20-3/h9H,4-8H2,1-3H3. The number of thiocarbonyl (C=S) groups is 2. The Morgan fingerprint density at radius 1 is 1.24 bits per heavy atom. The SMILES string of the molecule is CSC(=S)N(C)CS(=O)(=O)CC(=O)CN(C)C(=S)C1CC1. The van der Waals surface area contributed by atoms with Gasteiger partial charge in [-0.3, -0.25) is 4.79 Å². The Morgan fingerprint density at radius 2 is 1.81 bits per heavy atom. The van der Waals surface area contributed by atoms with E-state index in [1.807, 2.05) is 0 Å². The zero-order valence-corrected chi connectivity index (χ0v) is 15.6. The zero-order chi connectivity index (χ0) is 16.2. The summed E-state index contributed by atoms with van der Waals surface area (Å²) in [5, 5.41) is 0. The summed E-state index contributed by atoms with van der Waals surface area (Å²) in [5.41, 5.74) is 0. The van der Waals surface area contributed by atoms with Crippen LogP contribution in [0.15, 0.2) is 0 Å². The number of carbonyl (C=O) groups is 1. The number of likely N-dealkylation sites (N-methyl/N-ethyl adjacent to an activating group) is 1. The molecule has 0 radical (unpaired) electrons. The van der Waals surface area contributed by atoms with Crippen LogP contribution in [0.5, 0.6) is 0 Å². The van der Waals surface area contributed by atoms with Crippen LogP contribution >= 0.6 is 36.2 Å². The number of sulfone groups is 1. The summed E-state index contributed by atoms with van der Waals surface area (Å²) in [4.78, 5) is 15.8. The van der Waals surface area contributed by atoms with Crippen LogP contribution in [0.25, 0.3) is 0 Å². The Hall–Kier alpha value is -0.250. The summed E-state index contributed by atoms with van der Waals surface area (Å²) in [6.45, 7) is 0.0469. The van der Waals surface area contributed by atoms with Crippen LogP contribution in [0, 0.1) is 5.92 Å². The molecule has 5 nitrogen and oxygen atoms in total. The molecule has 0 heterocycles. The Bertz CT molecular complexity index is 529. The van der Waals surface area contributed by atoms with E-state index < -0.39 is 15.6 Å². The number of thioether (sulfide) groups is 1. The quantitative estimate of drug-likeness (QED) is 0.621. The number of hydrogen-bond donors (Lipinski definition) is 0. The molecule has 1 rings (SSSR count). The molecule has 0 atom stereocenters. The third kappa shape index (κ3) is 6.58. The fourth-order valence-electron chi connectivity index (χ4n) is 1.82. The molecule has 0 spiro atoms. The molecular weight excluding hydrogens is 348 g/mol. The first kappa shape index (κ1) is 18.8. The lowest BCUT2D eigenvalue weighted by Crippen LogP contribution is -2.37. The Kier molecular flexibility index (Phi) is 7.02. The number of hydrogen-bond acceptors (Lipinski definition) is 6. The molecule has 1 aliphatic rings. The van der Waals surface area contributed by atoms with Gasteiger partial charge in [-0.15, -0.1) is 11.8 Å². The van der Waals surface area contributed by atoms with Gasteiger partial charge in [-0.1, -0.05) is 24.4 Å². The molecular formula is C12H20N2O3S4. The summed E-state index contributed by atoms with van der Waals surface area (Å²) in [6, 6.07) is 0. The van der Waals surface area contributed by atoms with Gasteiger partial charge in [0.15, 0.2) is 15.6 Å². The highest BCUT2D eigenvalue weighted by Crippen LogP contribution is 2.31. The molecule has 1 saturated carbocycles. The molecule has 0 unspecified atom stereocenters. The first-order valence-electron chi connectivity index (χ1n) is 6.42. The molecule has 0 aliphatic heterocycles. The van der Waals surface area contributed by atoms with Crippen molar-refractivity contribution in [2.75, 3.05) is 38.5 Å². The molecule has 120 valence electrons. The first-order chi connectivity index (χ1) is 9.66. The van der Waals surface area contributed by atoms with Crippen molar-refractivity contribution in [1.82, 2.24) is 9.80 Å². The number of Topliss-reactive ketones (excluding diaryl/α,β-unsaturated/α-hetero) is 1. The summed E-state index contributed by atoms with van der Waals surface area (Å²) >= 11 is 11.6. The third-order valence-corrected chi connectivity index (χ3v) is 6.63. The van der Waals surface area contributed by atoms with Crippen molar-refractivity contribution < 1.29 is 13.2 Å². The maximum absolute atomic E-state index is 12.0. The second-order valence-corrected chi connectivity index (χ2v) is 9.08. The van der Waals surface area contributed by atoms with Crippen molar-refractivity contribution in [1.29, 1.82) is 0 Å². The molecule has 1 fully saturated rings. The van der Waals surface area contributed by atoms with Gasteiger partial charge in [0.05, 0.1) is 11.5 Å². The van der Waals surface area contributed by atoms with Crippen LogP contribution < -0.4 is 0 Å². The fourth-order valence-corrected chi connectivity index (χ4v) is 4.12. The lowest BCUT2D eigenvalue weighted by atomic mass is 10.3. The van der Waals surface area contributed by atoms with Crippen LogP contribution in [0.2, 0.25) is 0 Å². The third-order valence-electron chi connectivity index (χ3n) is 2.97. The molecule has 9 heteroatoms. The molecule has 0 bridgehead atoms. The topological polar surface area (TPSA) is 57.7 Å². The van der Waals surface area contributed by atoms with Gasteiger partial charge < -0.3 is 9.80 Å². The van der Waals surface area contributed by atoms with Gasteiger partial charge in [0.1, 0.15) is 16.0 Å². The van der Waals surface area contributed by atoms with Crippen LogP contribution in [0.4, 0.5) is 0 Å². The van der Waals surface area contributed by atoms with Crippen LogP contribution in [-0.2, 0) is 14.6 Å². The minimum atomic E-state index is -3.51. The summed E-state index contributed by atoms with van der Waals surface area (Å²) in [5.74, 6) is -0.676. The van der Waals surface area contributed by atoms with Gasteiger partial charge in [0.25, 0.3) is 0 Å². The number of ketones is 1. The van der Waals surface area contributed by atoms with Gasteiger partial charge in [-0.25, -0.2) is 8.42 Å². The average Bonchev–Trinajstić information content (AvgIpc) is 3.19. The van der Waals surface area contributed by atoms with Crippen molar-refractivity contribution in [3.63, 3.8) is 0 Å². The smallest absolute Gasteiger partial charge is 0.175 e. The Morgan fingerprint density at radius 3 is 2.29 bits per heavy atom. The normalized spacial score (nSPS) is 14.6. The van der Waals surface area contributed by atoms with Gasteiger partial charge in [-0.05, 0) is 19.1 Å². The fraction of sp³-hybridized carbons (Fsp3) is 0.750. The highest BCUT2D eigenvalue weighted by Gasteiger charge is 2.29. The van der Waals surface area contributed by atoms with E-state index in [0.717, 1.165) is 17.8 Å². The van der Waals surface area contributed by atoms with Crippen LogP contribution in [0.3, 0.4) is 0 Å². The summed E-state index contributed by atoms with van der Waals surface area (Å²) in [7, 11) is -0.163. The van der Waals surface area contributed by atoms with Crippen molar-refractivity contribution in [3.8, 4) is 0 Å². The Labute approximate surface area is 141 Å². The number of nitrogens with zero attached hydrogens (tertiary/aromatic N) is 2. The molecule has 0 N–H and O–H groups in total. The second-order valence-electron chi connectivity index (χ2n) is 5.19. The van der Waals surface area contributed by atoms with Crippen molar-refractivity contribution in [2.24, 2.45) is 5.92 Å². The van der Waals surface area contributed by atoms with Gasteiger partial charge in [-0.2, -0.15) is 0 Å². The van der Waals surface area contributed by atoms with E-state index >= 15 is 0 Å². The summed E-state index contributed by atoms with van der Waals surface area (Å²) < 4.78 is 24.5. The van der Waals surface area contributed by atoms with E-state index in [2.05, 4.69) is 0 Å². The van der Waals surface area contributed by atoms with E-state index in [4.69, 9.17) is 24.4 Å². The highest BCUT2D eigenvalue weighted by atomic mass is 32.2. The van der Waals surface area contributed by atoms with Gasteiger partial charge in [0.2, 0.25) is 0 Å². The lowest BCUT2D eigenvalue weighted by molar-refractivity contribution is -0.116. The highest BCUT2D eigenvalue weighted by molar-refractivity contribution is 8.22. The maximum atomic E-state index is 12.0. The van der Waals surface area contributed by atoms with Crippen molar-refractivity contribution in [3.05, 3.63) is 0 Å². The molecule has 0 amide bonds. The van der Waals surface area contributed by atoms with E-state index in [9.17, 15) is 13.2 Å². The predicted molar refractivity (Wildman–Crippen MR) is 95.5 cm³/mol. The first-order valence-corrected chi connectivity index (χ1v) is 10.3. The molecule has 0 saturated heterocycles. The largest absolute Gasteiger partial charge is 0.362 e. The van der Waals surface area contributed by atoms with Gasteiger partial charge >= 0.3 is 0 Å². The maximum Gasteiger partial charge on any atom is 0.175 e. The Balaban J connectivity index is 2.48. The number of carbonyl (C=O) groups excluding carboxylic acids is 1. The molecule has 21 heavy (non-hydrogen) atoms. The lowest BCUT2D eigenvalue weighted by Gasteiger charge is -2.20. The van der Waals surface area contributed by atoms with E-state index in [0.29, 0.717) is 10.2 Å². The predicted octanol–water partition coefficient (Wildman–Crippen LogP) is 1.18. The zero-order valence-electron chi connectivity index (χ0n) is 12.4. The van der Waals surface area contributed by atoms with Crippen LogP contribution in [-0.4, -0.2) is 71.8 Å². The monoisotopic (exact) mass is 368 g/mol. The van der Waals surface area contributed by atoms with E-state index in [1.54, 1.807) is 25.3 Å².